The molecule has 0 saturated heterocycles. The minimum atomic E-state index is 0.390. The fraction of sp³-hybridized carbons (Fsp3) is 0.333. The van der Waals surface area contributed by atoms with E-state index in [9.17, 15) is 0 Å². The minimum absolute atomic E-state index is 0.390. The summed E-state index contributed by atoms with van der Waals surface area (Å²) in [6.07, 6.45) is 1.93. The molecule has 0 saturated carbocycles. The lowest BCUT2D eigenvalue weighted by molar-refractivity contribution is 0.288. The first kappa shape index (κ1) is 15.4. The van der Waals surface area contributed by atoms with Crippen molar-refractivity contribution in [2.45, 2.75) is 18.9 Å². The molecule has 0 aliphatic heterocycles. The summed E-state index contributed by atoms with van der Waals surface area (Å²) in [4.78, 5) is 0. The molecule has 21 heavy (non-hydrogen) atoms. The quantitative estimate of drug-likeness (QED) is 0.807. The summed E-state index contributed by atoms with van der Waals surface area (Å²) < 4.78 is 11.0. The van der Waals surface area contributed by atoms with Crippen LogP contribution in [0.15, 0.2) is 54.6 Å². The molecule has 0 spiro atoms. The van der Waals surface area contributed by atoms with Crippen molar-refractivity contribution in [3.8, 4) is 11.5 Å². The van der Waals surface area contributed by atoms with E-state index in [-0.39, 0.29) is 0 Å². The summed E-state index contributed by atoms with van der Waals surface area (Å²) in [6.45, 7) is 0.708. The molecule has 0 aliphatic carbocycles. The van der Waals surface area contributed by atoms with Crippen molar-refractivity contribution in [1.82, 2.24) is 5.32 Å². The number of hydrogen-bond acceptors (Lipinski definition) is 3. The van der Waals surface area contributed by atoms with Gasteiger partial charge in [-0.1, -0.05) is 30.3 Å². The number of para-hydroxylation sites is 1. The molecule has 0 heterocycles. The molecule has 0 aromatic heterocycles. The van der Waals surface area contributed by atoms with Gasteiger partial charge in [0.05, 0.1) is 13.7 Å². The Hall–Kier alpha value is -2.00. The average Bonchev–Trinajstić information content (AvgIpc) is 2.55. The zero-order valence-corrected chi connectivity index (χ0v) is 12.7. The maximum Gasteiger partial charge on any atom is 0.119 e. The highest BCUT2D eigenvalue weighted by Gasteiger charge is 2.08. The fourth-order valence-corrected chi connectivity index (χ4v) is 2.27. The highest BCUT2D eigenvalue weighted by molar-refractivity contribution is 5.29. The normalized spacial score (nSPS) is 11.9. The first-order valence-corrected chi connectivity index (χ1v) is 7.30. The van der Waals surface area contributed by atoms with Crippen LogP contribution < -0.4 is 14.8 Å². The predicted molar refractivity (Wildman–Crippen MR) is 86.1 cm³/mol. The van der Waals surface area contributed by atoms with Crippen LogP contribution in [0, 0.1) is 0 Å². The number of ether oxygens (including phenoxy) is 2. The average molecular weight is 285 g/mol. The van der Waals surface area contributed by atoms with Crippen molar-refractivity contribution in [3.63, 3.8) is 0 Å². The molecule has 2 aromatic carbocycles. The maximum atomic E-state index is 5.76. The van der Waals surface area contributed by atoms with E-state index in [0.29, 0.717) is 12.6 Å². The lowest BCUT2D eigenvalue weighted by atomic mass is 10.0. The van der Waals surface area contributed by atoms with Gasteiger partial charge in [-0.05, 0) is 49.7 Å². The Balaban J connectivity index is 1.82. The zero-order valence-electron chi connectivity index (χ0n) is 12.7. The van der Waals surface area contributed by atoms with Crippen LogP contribution in [0.1, 0.15) is 12.0 Å². The minimum Gasteiger partial charge on any atom is -0.497 e. The topological polar surface area (TPSA) is 30.5 Å². The summed E-state index contributed by atoms with van der Waals surface area (Å²) in [5.41, 5.74) is 1.27. The second kappa shape index (κ2) is 8.32. The SMILES string of the molecule is CNC(CCOc1ccccc1)Cc1cccc(OC)c1. The third-order valence-corrected chi connectivity index (χ3v) is 3.50. The van der Waals surface area contributed by atoms with Crippen LogP contribution >= 0.6 is 0 Å². The molecular formula is C18H23NO2. The number of benzene rings is 2. The van der Waals surface area contributed by atoms with Crippen LogP contribution in [-0.2, 0) is 6.42 Å². The number of likely N-dealkylation sites (N-methyl/N-ethyl adjacent to an activating group) is 1. The Bertz CT molecular complexity index is 528. The lowest BCUT2D eigenvalue weighted by Gasteiger charge is -2.17. The molecule has 0 amide bonds. The van der Waals surface area contributed by atoms with E-state index in [1.165, 1.54) is 5.56 Å². The molecule has 3 nitrogen and oxygen atoms in total. The summed E-state index contributed by atoms with van der Waals surface area (Å²) in [7, 11) is 3.69. The van der Waals surface area contributed by atoms with Gasteiger partial charge >= 0.3 is 0 Å². The van der Waals surface area contributed by atoms with E-state index in [1.54, 1.807) is 7.11 Å². The van der Waals surface area contributed by atoms with Crippen molar-refractivity contribution < 1.29 is 9.47 Å². The fourth-order valence-electron chi connectivity index (χ4n) is 2.27. The lowest BCUT2D eigenvalue weighted by Crippen LogP contribution is -2.29. The van der Waals surface area contributed by atoms with E-state index >= 15 is 0 Å². The van der Waals surface area contributed by atoms with Crippen molar-refractivity contribution in [1.29, 1.82) is 0 Å². The van der Waals surface area contributed by atoms with E-state index in [1.807, 2.05) is 49.5 Å². The Kier molecular flexibility index (Phi) is 6.10. The highest BCUT2D eigenvalue weighted by atomic mass is 16.5. The number of nitrogens with one attached hydrogen (secondary N) is 1. The van der Waals surface area contributed by atoms with Gasteiger partial charge in [0, 0.05) is 6.04 Å². The van der Waals surface area contributed by atoms with Crippen LogP contribution in [0.25, 0.3) is 0 Å². The van der Waals surface area contributed by atoms with Gasteiger partial charge in [-0.2, -0.15) is 0 Å². The van der Waals surface area contributed by atoms with Crippen LogP contribution in [0.4, 0.5) is 0 Å². The molecule has 0 bridgehead atoms. The van der Waals surface area contributed by atoms with E-state index in [2.05, 4.69) is 17.4 Å². The summed E-state index contributed by atoms with van der Waals surface area (Å²) in [6, 6.07) is 18.5. The standard InChI is InChI=1S/C18H23NO2/c1-19-16(11-12-21-17-8-4-3-5-9-17)13-15-7-6-10-18(14-15)20-2/h3-10,14,16,19H,11-13H2,1-2H3. The highest BCUT2D eigenvalue weighted by Crippen LogP contribution is 2.15. The molecule has 112 valence electrons. The Labute approximate surface area is 126 Å². The van der Waals surface area contributed by atoms with Gasteiger partial charge in [-0.25, -0.2) is 0 Å². The molecule has 1 atom stereocenters. The largest absolute Gasteiger partial charge is 0.497 e. The van der Waals surface area contributed by atoms with Gasteiger partial charge in [0.1, 0.15) is 11.5 Å². The number of hydrogen-bond donors (Lipinski definition) is 1. The van der Waals surface area contributed by atoms with Crippen LogP contribution in [0.5, 0.6) is 11.5 Å². The van der Waals surface area contributed by atoms with E-state index < -0.39 is 0 Å². The molecule has 0 aliphatic rings. The molecular weight excluding hydrogens is 262 g/mol. The third-order valence-electron chi connectivity index (χ3n) is 3.50. The molecule has 2 aromatic rings. The molecule has 1 unspecified atom stereocenters. The van der Waals surface area contributed by atoms with E-state index in [0.717, 1.165) is 24.3 Å². The number of methoxy groups -OCH3 is 1. The molecule has 1 N–H and O–H groups in total. The van der Waals surface area contributed by atoms with Crippen molar-refractivity contribution in [2.24, 2.45) is 0 Å². The molecule has 3 heteroatoms. The van der Waals surface area contributed by atoms with Gasteiger partial charge in [0.25, 0.3) is 0 Å². The molecule has 0 fully saturated rings. The van der Waals surface area contributed by atoms with Gasteiger partial charge < -0.3 is 14.8 Å². The zero-order chi connectivity index (χ0) is 14.9. The van der Waals surface area contributed by atoms with Gasteiger partial charge in [-0.3, -0.25) is 0 Å². The number of rotatable bonds is 8. The summed E-state index contributed by atoms with van der Waals surface area (Å²) in [5.74, 6) is 1.83. The van der Waals surface area contributed by atoms with Crippen LogP contribution in [-0.4, -0.2) is 26.8 Å². The predicted octanol–water partition coefficient (Wildman–Crippen LogP) is 3.29. The summed E-state index contributed by atoms with van der Waals surface area (Å²) >= 11 is 0. The Morgan fingerprint density at radius 2 is 1.76 bits per heavy atom. The van der Waals surface area contributed by atoms with Crippen LogP contribution in [0.3, 0.4) is 0 Å². The smallest absolute Gasteiger partial charge is 0.119 e. The van der Waals surface area contributed by atoms with Crippen molar-refractivity contribution >= 4 is 0 Å². The Morgan fingerprint density at radius 3 is 2.48 bits per heavy atom. The first-order valence-electron chi connectivity index (χ1n) is 7.30. The van der Waals surface area contributed by atoms with Gasteiger partial charge in [-0.15, -0.1) is 0 Å². The second-order valence-corrected chi connectivity index (χ2v) is 4.99. The van der Waals surface area contributed by atoms with Gasteiger partial charge in [0.15, 0.2) is 0 Å². The first-order chi connectivity index (χ1) is 10.3. The Morgan fingerprint density at radius 1 is 1.00 bits per heavy atom. The monoisotopic (exact) mass is 285 g/mol. The van der Waals surface area contributed by atoms with Crippen molar-refractivity contribution in [3.05, 3.63) is 60.2 Å². The second-order valence-electron chi connectivity index (χ2n) is 4.99. The van der Waals surface area contributed by atoms with Gasteiger partial charge in [0.2, 0.25) is 0 Å². The summed E-state index contributed by atoms with van der Waals surface area (Å²) in [5, 5.41) is 3.35. The molecule has 0 radical (unpaired) electrons. The third kappa shape index (κ3) is 5.12. The van der Waals surface area contributed by atoms with E-state index in [4.69, 9.17) is 9.47 Å². The van der Waals surface area contributed by atoms with Crippen LogP contribution in [0.2, 0.25) is 0 Å². The maximum absolute atomic E-state index is 5.76. The molecule has 2 rings (SSSR count). The van der Waals surface area contributed by atoms with Crippen molar-refractivity contribution in [2.75, 3.05) is 20.8 Å².